The van der Waals surface area contributed by atoms with E-state index in [1.807, 2.05) is 13.1 Å². The SMILES string of the molecule is C=CCCCN(C)C(=NC)NCCC(OCC)C(C)C. The molecule has 0 heterocycles. The molecule has 20 heavy (non-hydrogen) atoms. The van der Waals surface area contributed by atoms with Crippen LogP contribution in [-0.4, -0.2) is 50.8 Å². The van der Waals surface area contributed by atoms with Crippen LogP contribution in [0, 0.1) is 5.92 Å². The van der Waals surface area contributed by atoms with Crippen LogP contribution < -0.4 is 5.32 Å². The summed E-state index contributed by atoms with van der Waals surface area (Å²) in [6, 6.07) is 0. The number of allylic oxidation sites excluding steroid dienone is 1. The Bertz CT molecular complexity index is 277. The monoisotopic (exact) mass is 283 g/mol. The van der Waals surface area contributed by atoms with Crippen molar-refractivity contribution in [2.24, 2.45) is 10.9 Å². The number of nitrogens with zero attached hydrogens (tertiary/aromatic N) is 2. The molecule has 0 aliphatic heterocycles. The summed E-state index contributed by atoms with van der Waals surface area (Å²) in [5.41, 5.74) is 0. The summed E-state index contributed by atoms with van der Waals surface area (Å²) < 4.78 is 5.75. The van der Waals surface area contributed by atoms with Gasteiger partial charge in [0.15, 0.2) is 5.96 Å². The third-order valence-electron chi connectivity index (χ3n) is 3.31. The molecule has 1 unspecified atom stereocenters. The zero-order valence-corrected chi connectivity index (χ0v) is 14.0. The van der Waals surface area contributed by atoms with Gasteiger partial charge in [-0.2, -0.15) is 0 Å². The maximum absolute atomic E-state index is 5.75. The van der Waals surface area contributed by atoms with Crippen LogP contribution >= 0.6 is 0 Å². The Morgan fingerprint density at radius 1 is 1.45 bits per heavy atom. The van der Waals surface area contributed by atoms with Gasteiger partial charge in [0.05, 0.1) is 6.10 Å². The Morgan fingerprint density at radius 3 is 2.65 bits per heavy atom. The van der Waals surface area contributed by atoms with Gasteiger partial charge in [0.2, 0.25) is 0 Å². The van der Waals surface area contributed by atoms with E-state index >= 15 is 0 Å². The molecule has 0 aromatic carbocycles. The minimum atomic E-state index is 0.316. The molecule has 0 aliphatic carbocycles. The topological polar surface area (TPSA) is 36.9 Å². The van der Waals surface area contributed by atoms with Crippen molar-refractivity contribution in [1.29, 1.82) is 0 Å². The lowest BCUT2D eigenvalue weighted by molar-refractivity contribution is 0.0257. The van der Waals surface area contributed by atoms with E-state index < -0.39 is 0 Å². The van der Waals surface area contributed by atoms with Crippen LogP contribution in [0.3, 0.4) is 0 Å². The maximum atomic E-state index is 5.75. The molecule has 0 amide bonds. The van der Waals surface area contributed by atoms with Crippen molar-refractivity contribution in [2.75, 3.05) is 33.8 Å². The molecule has 0 saturated carbocycles. The van der Waals surface area contributed by atoms with Gasteiger partial charge >= 0.3 is 0 Å². The van der Waals surface area contributed by atoms with E-state index in [0.717, 1.165) is 44.9 Å². The first-order chi connectivity index (χ1) is 9.56. The van der Waals surface area contributed by atoms with Gasteiger partial charge in [0.1, 0.15) is 0 Å². The van der Waals surface area contributed by atoms with E-state index in [-0.39, 0.29) is 0 Å². The second-order valence-corrected chi connectivity index (χ2v) is 5.35. The van der Waals surface area contributed by atoms with Crippen LogP contribution in [0.4, 0.5) is 0 Å². The Kier molecular flexibility index (Phi) is 11.2. The highest BCUT2D eigenvalue weighted by Crippen LogP contribution is 2.10. The lowest BCUT2D eigenvalue weighted by Crippen LogP contribution is -2.41. The largest absolute Gasteiger partial charge is 0.378 e. The number of nitrogens with one attached hydrogen (secondary N) is 1. The lowest BCUT2D eigenvalue weighted by Gasteiger charge is -2.24. The highest BCUT2D eigenvalue weighted by atomic mass is 16.5. The highest BCUT2D eigenvalue weighted by Gasteiger charge is 2.13. The number of ether oxygens (including phenoxy) is 1. The van der Waals surface area contributed by atoms with Crippen molar-refractivity contribution in [3.63, 3.8) is 0 Å². The molecule has 0 saturated heterocycles. The van der Waals surface area contributed by atoms with E-state index in [1.165, 1.54) is 0 Å². The van der Waals surface area contributed by atoms with E-state index in [9.17, 15) is 0 Å². The molecule has 0 radical (unpaired) electrons. The van der Waals surface area contributed by atoms with Gasteiger partial charge in [0, 0.05) is 33.8 Å². The maximum Gasteiger partial charge on any atom is 0.193 e. The molecule has 0 bridgehead atoms. The van der Waals surface area contributed by atoms with Crippen LogP contribution in [0.15, 0.2) is 17.6 Å². The molecule has 1 atom stereocenters. The third-order valence-corrected chi connectivity index (χ3v) is 3.31. The molecule has 0 aromatic rings. The van der Waals surface area contributed by atoms with Gasteiger partial charge in [-0.3, -0.25) is 4.99 Å². The minimum absolute atomic E-state index is 0.316. The average molecular weight is 283 g/mol. The first-order valence-electron chi connectivity index (χ1n) is 7.71. The smallest absolute Gasteiger partial charge is 0.193 e. The second kappa shape index (κ2) is 11.8. The lowest BCUT2D eigenvalue weighted by atomic mass is 10.0. The normalized spacial score (nSPS) is 13.4. The Hall–Kier alpha value is -1.03. The van der Waals surface area contributed by atoms with Crippen molar-refractivity contribution in [1.82, 2.24) is 10.2 Å². The molecule has 1 N–H and O–H groups in total. The molecular formula is C16H33N3O. The van der Waals surface area contributed by atoms with Gasteiger partial charge in [-0.15, -0.1) is 6.58 Å². The van der Waals surface area contributed by atoms with Crippen LogP contribution in [0.5, 0.6) is 0 Å². The standard InChI is InChI=1S/C16H33N3O/c1-7-9-10-13-19(6)16(17-5)18-12-11-15(14(3)4)20-8-2/h7,14-15H,1,8-13H2,2-6H3,(H,17,18). The van der Waals surface area contributed by atoms with E-state index in [2.05, 4.69) is 49.6 Å². The van der Waals surface area contributed by atoms with Crippen molar-refractivity contribution >= 4 is 5.96 Å². The molecule has 4 heteroatoms. The summed E-state index contributed by atoms with van der Waals surface area (Å²) >= 11 is 0. The number of aliphatic imine (C=N–C) groups is 1. The molecule has 118 valence electrons. The van der Waals surface area contributed by atoms with Gasteiger partial charge < -0.3 is 15.0 Å². The third kappa shape index (κ3) is 8.20. The fourth-order valence-electron chi connectivity index (χ4n) is 2.11. The first kappa shape index (κ1) is 19.0. The summed E-state index contributed by atoms with van der Waals surface area (Å²) in [5.74, 6) is 1.50. The summed E-state index contributed by atoms with van der Waals surface area (Å²) in [6.45, 7) is 12.9. The van der Waals surface area contributed by atoms with Crippen molar-refractivity contribution in [3.8, 4) is 0 Å². The molecule has 0 aromatic heterocycles. The van der Waals surface area contributed by atoms with E-state index in [0.29, 0.717) is 12.0 Å². The van der Waals surface area contributed by atoms with E-state index in [4.69, 9.17) is 4.74 Å². The molecule has 0 rings (SSSR count). The quantitative estimate of drug-likeness (QED) is 0.290. The predicted octanol–water partition coefficient (Wildman–Crippen LogP) is 2.91. The first-order valence-corrected chi connectivity index (χ1v) is 7.71. The molecule has 0 aliphatic rings. The van der Waals surface area contributed by atoms with Crippen molar-refractivity contribution < 1.29 is 4.74 Å². The van der Waals surface area contributed by atoms with Gasteiger partial charge in [-0.1, -0.05) is 19.9 Å². The zero-order chi connectivity index (χ0) is 15.4. The highest BCUT2D eigenvalue weighted by molar-refractivity contribution is 5.79. The Balaban J connectivity index is 4.08. The van der Waals surface area contributed by atoms with Crippen LogP contribution in [0.25, 0.3) is 0 Å². The summed E-state index contributed by atoms with van der Waals surface area (Å²) in [6.07, 6.45) is 5.43. The molecule has 0 fully saturated rings. The Labute approximate surface area is 125 Å². The summed E-state index contributed by atoms with van der Waals surface area (Å²) in [4.78, 5) is 6.48. The van der Waals surface area contributed by atoms with Crippen molar-refractivity contribution in [2.45, 2.75) is 46.1 Å². The fourth-order valence-corrected chi connectivity index (χ4v) is 2.11. The molecule has 4 nitrogen and oxygen atoms in total. The predicted molar refractivity (Wildman–Crippen MR) is 88.3 cm³/mol. The summed E-state index contributed by atoms with van der Waals surface area (Å²) in [7, 11) is 3.90. The van der Waals surface area contributed by atoms with Crippen LogP contribution in [-0.2, 0) is 4.74 Å². The minimum Gasteiger partial charge on any atom is -0.378 e. The van der Waals surface area contributed by atoms with Gasteiger partial charge in [-0.25, -0.2) is 0 Å². The number of guanidine groups is 1. The zero-order valence-electron chi connectivity index (χ0n) is 14.0. The van der Waals surface area contributed by atoms with E-state index in [1.54, 1.807) is 0 Å². The number of hydrogen-bond donors (Lipinski definition) is 1. The molecular weight excluding hydrogens is 250 g/mol. The van der Waals surface area contributed by atoms with Gasteiger partial charge in [-0.05, 0) is 32.1 Å². The average Bonchev–Trinajstić information content (AvgIpc) is 2.42. The van der Waals surface area contributed by atoms with Crippen LogP contribution in [0.2, 0.25) is 0 Å². The van der Waals surface area contributed by atoms with Gasteiger partial charge in [0.25, 0.3) is 0 Å². The second-order valence-electron chi connectivity index (χ2n) is 5.35. The van der Waals surface area contributed by atoms with Crippen LogP contribution in [0.1, 0.15) is 40.0 Å². The molecule has 0 spiro atoms. The fraction of sp³-hybridized carbons (Fsp3) is 0.812. The number of hydrogen-bond acceptors (Lipinski definition) is 2. The van der Waals surface area contributed by atoms with Crippen molar-refractivity contribution in [3.05, 3.63) is 12.7 Å². The number of rotatable bonds is 10. The Morgan fingerprint density at radius 2 is 2.15 bits per heavy atom. The number of unbranched alkanes of at least 4 members (excludes halogenated alkanes) is 1. The summed E-state index contributed by atoms with van der Waals surface area (Å²) in [5, 5.41) is 3.41.